The van der Waals surface area contributed by atoms with Crippen molar-refractivity contribution >= 4 is 28.7 Å². The molecule has 0 saturated carbocycles. The third kappa shape index (κ3) is 2.95. The molecule has 0 radical (unpaired) electrons. The Kier molecular flexibility index (Phi) is 3.74. The topological polar surface area (TPSA) is 60.2 Å². The molecule has 1 aromatic carbocycles. The number of nitrogens with one attached hydrogen (secondary N) is 1. The highest BCUT2D eigenvalue weighted by molar-refractivity contribution is 7.80. The van der Waals surface area contributed by atoms with Crippen molar-refractivity contribution in [3.63, 3.8) is 0 Å². The van der Waals surface area contributed by atoms with E-state index in [0.29, 0.717) is 10.8 Å². The summed E-state index contributed by atoms with van der Waals surface area (Å²) in [5.41, 5.74) is 7.28. The van der Waals surface area contributed by atoms with Gasteiger partial charge in [-0.25, -0.2) is 4.98 Å². The van der Waals surface area contributed by atoms with E-state index in [0.717, 1.165) is 17.0 Å². The van der Waals surface area contributed by atoms with E-state index in [-0.39, 0.29) is 0 Å². The van der Waals surface area contributed by atoms with E-state index in [1.165, 1.54) is 0 Å². The number of benzene rings is 1. The molecule has 1 heterocycles. The maximum absolute atomic E-state index is 5.57. The third-order valence-corrected chi connectivity index (χ3v) is 2.64. The first-order valence-electron chi connectivity index (χ1n) is 5.36. The summed E-state index contributed by atoms with van der Waals surface area (Å²) < 4.78 is 5.09. The molecule has 0 spiro atoms. The van der Waals surface area contributed by atoms with Gasteiger partial charge in [-0.15, -0.1) is 0 Å². The second-order valence-electron chi connectivity index (χ2n) is 3.65. The number of hydrogen-bond acceptors (Lipinski definition) is 4. The molecule has 0 amide bonds. The summed E-state index contributed by atoms with van der Waals surface area (Å²) in [7, 11) is 1.63. The highest BCUT2D eigenvalue weighted by Gasteiger charge is 2.00. The van der Waals surface area contributed by atoms with Gasteiger partial charge in [0, 0.05) is 17.4 Å². The van der Waals surface area contributed by atoms with Gasteiger partial charge >= 0.3 is 0 Å². The smallest absolute Gasteiger partial charge is 0.130 e. The summed E-state index contributed by atoms with van der Waals surface area (Å²) in [6, 6.07) is 11.2. The lowest BCUT2D eigenvalue weighted by molar-refractivity contribution is 0.415. The lowest BCUT2D eigenvalue weighted by Crippen LogP contribution is -2.09. The number of nitrogens with two attached hydrogens (primary N) is 1. The predicted molar refractivity (Wildman–Crippen MR) is 76.4 cm³/mol. The molecule has 92 valence electrons. The number of anilines is 2. The van der Waals surface area contributed by atoms with E-state index in [2.05, 4.69) is 10.3 Å². The monoisotopic (exact) mass is 259 g/mol. The number of aromatic nitrogens is 1. The Labute approximate surface area is 111 Å². The zero-order valence-electron chi connectivity index (χ0n) is 9.88. The standard InChI is InChI=1S/C13H13N3OS/c1-17-11-4-2-10(3-5-11)16-12-8-9(13(14)18)6-7-15-12/h2-8H,1H3,(H2,14,18)(H,15,16). The number of nitrogens with zero attached hydrogens (tertiary/aromatic N) is 1. The molecular weight excluding hydrogens is 246 g/mol. The van der Waals surface area contributed by atoms with Gasteiger partial charge in [-0.1, -0.05) is 12.2 Å². The van der Waals surface area contributed by atoms with Gasteiger partial charge in [-0.3, -0.25) is 0 Å². The van der Waals surface area contributed by atoms with Crippen molar-refractivity contribution in [1.82, 2.24) is 4.98 Å². The third-order valence-electron chi connectivity index (χ3n) is 2.41. The van der Waals surface area contributed by atoms with Crippen LogP contribution in [-0.2, 0) is 0 Å². The summed E-state index contributed by atoms with van der Waals surface area (Å²) in [6.07, 6.45) is 1.67. The Morgan fingerprint density at radius 3 is 2.61 bits per heavy atom. The van der Waals surface area contributed by atoms with Crippen LogP contribution in [0.1, 0.15) is 5.56 Å². The van der Waals surface area contributed by atoms with Gasteiger partial charge in [-0.05, 0) is 36.4 Å². The number of methoxy groups -OCH3 is 1. The molecule has 0 unspecified atom stereocenters. The zero-order valence-corrected chi connectivity index (χ0v) is 10.7. The normalized spacial score (nSPS) is 9.83. The molecule has 0 aliphatic rings. The number of thiocarbonyl (C=S) groups is 1. The van der Waals surface area contributed by atoms with E-state index in [1.807, 2.05) is 30.3 Å². The second-order valence-corrected chi connectivity index (χ2v) is 4.09. The minimum Gasteiger partial charge on any atom is -0.497 e. The molecule has 0 fully saturated rings. The number of ether oxygens (including phenoxy) is 1. The van der Waals surface area contributed by atoms with Gasteiger partial charge in [0.25, 0.3) is 0 Å². The highest BCUT2D eigenvalue weighted by Crippen LogP contribution is 2.19. The van der Waals surface area contributed by atoms with Crippen LogP contribution in [0.4, 0.5) is 11.5 Å². The second kappa shape index (κ2) is 5.46. The fourth-order valence-corrected chi connectivity index (χ4v) is 1.60. The number of hydrogen-bond donors (Lipinski definition) is 2. The van der Waals surface area contributed by atoms with Crippen molar-refractivity contribution in [1.29, 1.82) is 0 Å². The van der Waals surface area contributed by atoms with E-state index in [4.69, 9.17) is 22.7 Å². The molecule has 5 heteroatoms. The van der Waals surface area contributed by atoms with Crippen molar-refractivity contribution < 1.29 is 4.74 Å². The molecule has 0 saturated heterocycles. The number of rotatable bonds is 4. The van der Waals surface area contributed by atoms with Crippen molar-refractivity contribution in [2.24, 2.45) is 5.73 Å². The van der Waals surface area contributed by atoms with Crippen molar-refractivity contribution in [2.75, 3.05) is 12.4 Å². The first-order valence-corrected chi connectivity index (χ1v) is 5.77. The Balaban J connectivity index is 2.17. The van der Waals surface area contributed by atoms with Crippen LogP contribution < -0.4 is 15.8 Å². The van der Waals surface area contributed by atoms with Crippen LogP contribution in [-0.4, -0.2) is 17.1 Å². The van der Waals surface area contributed by atoms with Crippen LogP contribution in [0.2, 0.25) is 0 Å². The predicted octanol–water partition coefficient (Wildman–Crippen LogP) is 2.47. The lowest BCUT2D eigenvalue weighted by Gasteiger charge is -2.07. The largest absolute Gasteiger partial charge is 0.497 e. The van der Waals surface area contributed by atoms with Gasteiger partial charge in [0.15, 0.2) is 0 Å². The Morgan fingerprint density at radius 1 is 1.28 bits per heavy atom. The molecule has 0 bridgehead atoms. The summed E-state index contributed by atoms with van der Waals surface area (Å²) >= 11 is 4.92. The molecule has 2 aromatic rings. The summed E-state index contributed by atoms with van der Waals surface area (Å²) in [5.74, 6) is 1.51. The van der Waals surface area contributed by atoms with Gasteiger partial charge in [0.05, 0.1) is 7.11 Å². The van der Waals surface area contributed by atoms with Crippen LogP contribution >= 0.6 is 12.2 Å². The van der Waals surface area contributed by atoms with Crippen LogP contribution in [0.3, 0.4) is 0 Å². The van der Waals surface area contributed by atoms with Crippen LogP contribution in [0.5, 0.6) is 5.75 Å². The van der Waals surface area contributed by atoms with Crippen LogP contribution in [0, 0.1) is 0 Å². The molecule has 0 atom stereocenters. The van der Waals surface area contributed by atoms with Crippen LogP contribution in [0.15, 0.2) is 42.6 Å². The average Bonchev–Trinajstić information content (AvgIpc) is 2.40. The molecule has 0 aliphatic carbocycles. The van der Waals surface area contributed by atoms with Gasteiger partial charge in [-0.2, -0.15) is 0 Å². The molecule has 18 heavy (non-hydrogen) atoms. The Hall–Kier alpha value is -2.14. The van der Waals surface area contributed by atoms with Gasteiger partial charge < -0.3 is 15.8 Å². The fourth-order valence-electron chi connectivity index (χ4n) is 1.47. The molecule has 1 aromatic heterocycles. The van der Waals surface area contributed by atoms with E-state index >= 15 is 0 Å². The first kappa shape index (κ1) is 12.3. The SMILES string of the molecule is COc1ccc(Nc2cc(C(N)=S)ccn2)cc1. The minimum absolute atomic E-state index is 0.357. The van der Waals surface area contributed by atoms with E-state index < -0.39 is 0 Å². The molecule has 0 aliphatic heterocycles. The van der Waals surface area contributed by atoms with E-state index in [1.54, 1.807) is 19.4 Å². The van der Waals surface area contributed by atoms with Crippen molar-refractivity contribution in [2.45, 2.75) is 0 Å². The molecule has 2 rings (SSSR count). The first-order chi connectivity index (χ1) is 8.69. The Bertz CT molecular complexity index is 554. The van der Waals surface area contributed by atoms with Gasteiger partial charge in [0.2, 0.25) is 0 Å². The van der Waals surface area contributed by atoms with Gasteiger partial charge in [0.1, 0.15) is 16.6 Å². The Morgan fingerprint density at radius 2 is 2.00 bits per heavy atom. The average molecular weight is 259 g/mol. The van der Waals surface area contributed by atoms with E-state index in [9.17, 15) is 0 Å². The quantitative estimate of drug-likeness (QED) is 0.826. The lowest BCUT2D eigenvalue weighted by atomic mass is 10.2. The molecular formula is C13H13N3OS. The highest BCUT2D eigenvalue weighted by atomic mass is 32.1. The van der Waals surface area contributed by atoms with Crippen molar-refractivity contribution in [3.05, 3.63) is 48.2 Å². The maximum Gasteiger partial charge on any atom is 0.130 e. The fraction of sp³-hybridized carbons (Fsp3) is 0.0769. The van der Waals surface area contributed by atoms with Crippen LogP contribution in [0.25, 0.3) is 0 Å². The molecule has 3 N–H and O–H groups in total. The summed E-state index contributed by atoms with van der Waals surface area (Å²) in [6.45, 7) is 0. The number of pyridine rings is 1. The molecule has 4 nitrogen and oxygen atoms in total. The van der Waals surface area contributed by atoms with Crippen molar-refractivity contribution in [3.8, 4) is 5.75 Å². The maximum atomic E-state index is 5.57. The summed E-state index contributed by atoms with van der Waals surface area (Å²) in [5, 5.41) is 3.17. The summed E-state index contributed by atoms with van der Waals surface area (Å²) in [4.78, 5) is 4.56. The zero-order chi connectivity index (χ0) is 13.0. The minimum atomic E-state index is 0.357.